The Labute approximate surface area is 125 Å². The van der Waals surface area contributed by atoms with Crippen LogP contribution in [0.2, 0.25) is 0 Å². The summed E-state index contributed by atoms with van der Waals surface area (Å²) >= 11 is 5.94. The van der Waals surface area contributed by atoms with Gasteiger partial charge in [0.15, 0.2) is 0 Å². The summed E-state index contributed by atoms with van der Waals surface area (Å²) in [6.07, 6.45) is 2.98. The number of fused-ring (bicyclic) bond motifs is 1. The van der Waals surface area contributed by atoms with Crippen LogP contribution >= 0.6 is 11.6 Å². The molecule has 1 aromatic heterocycles. The highest BCUT2D eigenvalue weighted by molar-refractivity contribution is 6.17. The average Bonchev–Trinajstić information content (AvgIpc) is 2.81. The molecular weight excluding hydrogens is 272 g/mol. The zero-order chi connectivity index (χ0) is 14.5. The van der Waals surface area contributed by atoms with Gasteiger partial charge in [0, 0.05) is 18.3 Å². The van der Waals surface area contributed by atoms with E-state index in [1.807, 2.05) is 19.1 Å². The molecule has 0 saturated carbocycles. The van der Waals surface area contributed by atoms with Crippen LogP contribution in [0, 0.1) is 0 Å². The van der Waals surface area contributed by atoms with Crippen molar-refractivity contribution in [1.29, 1.82) is 0 Å². The molecule has 0 aliphatic rings. The van der Waals surface area contributed by atoms with Crippen LogP contribution in [-0.4, -0.2) is 22.0 Å². The predicted molar refractivity (Wildman–Crippen MR) is 84.9 cm³/mol. The van der Waals surface area contributed by atoms with E-state index >= 15 is 0 Å². The second kappa shape index (κ2) is 6.98. The van der Waals surface area contributed by atoms with Crippen LogP contribution in [0.4, 0.5) is 0 Å². The number of benzene rings is 1. The summed E-state index contributed by atoms with van der Waals surface area (Å²) in [6.45, 7) is 7.09. The van der Waals surface area contributed by atoms with Gasteiger partial charge in [-0.15, -0.1) is 11.6 Å². The third kappa shape index (κ3) is 2.78. The molecule has 2 rings (SSSR count). The molecule has 110 valence electrons. The van der Waals surface area contributed by atoms with Gasteiger partial charge in [-0.05, 0) is 31.9 Å². The van der Waals surface area contributed by atoms with Crippen molar-refractivity contribution in [2.75, 3.05) is 12.5 Å². The molecule has 4 heteroatoms. The van der Waals surface area contributed by atoms with Crippen LogP contribution in [0.25, 0.3) is 11.0 Å². The van der Waals surface area contributed by atoms with Crippen molar-refractivity contribution in [3.8, 4) is 5.75 Å². The van der Waals surface area contributed by atoms with E-state index in [0.717, 1.165) is 41.9 Å². The number of ether oxygens (including phenoxy) is 1. The summed E-state index contributed by atoms with van der Waals surface area (Å²) in [5.41, 5.74) is 2.12. The van der Waals surface area contributed by atoms with Gasteiger partial charge in [-0.2, -0.15) is 0 Å². The first-order valence-corrected chi connectivity index (χ1v) is 7.98. The van der Waals surface area contributed by atoms with Crippen LogP contribution in [-0.2, 0) is 6.42 Å². The molecule has 0 bridgehead atoms. The second-order valence-corrected chi connectivity index (χ2v) is 5.24. The van der Waals surface area contributed by atoms with Gasteiger partial charge in [-0.3, -0.25) is 0 Å². The third-order valence-corrected chi connectivity index (χ3v) is 3.87. The largest absolute Gasteiger partial charge is 0.492 e. The van der Waals surface area contributed by atoms with E-state index in [1.54, 1.807) is 0 Å². The quantitative estimate of drug-likeness (QED) is 0.699. The standard InChI is InChI=1S/C16H23ClN2O/c1-4-12(5-2)19-13-8-7-9-14(20-6-3)16(13)18-15(19)10-11-17/h7-9,12H,4-6,10-11H2,1-3H3. The van der Waals surface area contributed by atoms with Gasteiger partial charge >= 0.3 is 0 Å². The number of hydrogen-bond acceptors (Lipinski definition) is 2. The topological polar surface area (TPSA) is 27.1 Å². The second-order valence-electron chi connectivity index (χ2n) is 4.86. The molecule has 0 saturated heterocycles. The summed E-state index contributed by atoms with van der Waals surface area (Å²) in [5, 5.41) is 0. The zero-order valence-electron chi connectivity index (χ0n) is 12.5. The summed E-state index contributed by atoms with van der Waals surface area (Å²) in [4.78, 5) is 4.79. The maximum atomic E-state index is 5.94. The highest BCUT2D eigenvalue weighted by Crippen LogP contribution is 2.31. The lowest BCUT2D eigenvalue weighted by molar-refractivity contribution is 0.343. The number of rotatable bonds is 7. The van der Waals surface area contributed by atoms with E-state index < -0.39 is 0 Å². The van der Waals surface area contributed by atoms with Crippen molar-refractivity contribution < 1.29 is 4.74 Å². The number of aromatic nitrogens is 2. The molecule has 0 N–H and O–H groups in total. The van der Waals surface area contributed by atoms with E-state index in [4.69, 9.17) is 21.3 Å². The summed E-state index contributed by atoms with van der Waals surface area (Å²) in [5.74, 6) is 2.52. The smallest absolute Gasteiger partial charge is 0.147 e. The molecular formula is C16H23ClN2O. The summed E-state index contributed by atoms with van der Waals surface area (Å²) in [7, 11) is 0. The lowest BCUT2D eigenvalue weighted by Crippen LogP contribution is -2.11. The third-order valence-electron chi connectivity index (χ3n) is 3.68. The van der Waals surface area contributed by atoms with Gasteiger partial charge < -0.3 is 9.30 Å². The number of imidazole rings is 1. The van der Waals surface area contributed by atoms with Gasteiger partial charge in [-0.25, -0.2) is 4.98 Å². The highest BCUT2D eigenvalue weighted by Gasteiger charge is 2.18. The van der Waals surface area contributed by atoms with Crippen molar-refractivity contribution >= 4 is 22.6 Å². The van der Waals surface area contributed by atoms with E-state index in [9.17, 15) is 0 Å². The first-order chi connectivity index (χ1) is 9.76. The SMILES string of the molecule is CCOc1cccc2c1nc(CCCl)n2C(CC)CC. The Hall–Kier alpha value is -1.22. The van der Waals surface area contributed by atoms with Gasteiger partial charge in [0.25, 0.3) is 0 Å². The fourth-order valence-electron chi connectivity index (χ4n) is 2.73. The van der Waals surface area contributed by atoms with Crippen molar-refractivity contribution in [3.63, 3.8) is 0 Å². The van der Waals surface area contributed by atoms with Crippen LogP contribution in [0.15, 0.2) is 18.2 Å². The Balaban J connectivity index is 2.62. The van der Waals surface area contributed by atoms with Gasteiger partial charge in [0.05, 0.1) is 12.1 Å². The fourth-order valence-corrected chi connectivity index (χ4v) is 2.90. The minimum absolute atomic E-state index is 0.468. The van der Waals surface area contributed by atoms with E-state index in [0.29, 0.717) is 18.5 Å². The molecule has 0 amide bonds. The number of hydrogen-bond donors (Lipinski definition) is 0. The van der Waals surface area contributed by atoms with Crippen LogP contribution in [0.3, 0.4) is 0 Å². The van der Waals surface area contributed by atoms with Crippen molar-refractivity contribution in [2.45, 2.75) is 46.1 Å². The van der Waals surface area contributed by atoms with Crippen molar-refractivity contribution in [3.05, 3.63) is 24.0 Å². The minimum atomic E-state index is 0.468. The lowest BCUT2D eigenvalue weighted by Gasteiger charge is -2.18. The molecule has 20 heavy (non-hydrogen) atoms. The normalized spacial score (nSPS) is 11.4. The van der Waals surface area contributed by atoms with Crippen LogP contribution in [0.5, 0.6) is 5.75 Å². The number of nitrogens with zero attached hydrogens (tertiary/aromatic N) is 2. The Morgan fingerprint density at radius 3 is 2.60 bits per heavy atom. The molecule has 0 atom stereocenters. The molecule has 0 spiro atoms. The molecule has 1 heterocycles. The zero-order valence-corrected chi connectivity index (χ0v) is 13.3. The molecule has 0 aliphatic carbocycles. The number of halogens is 1. The molecule has 0 unspecified atom stereocenters. The molecule has 2 aromatic rings. The molecule has 0 aliphatic heterocycles. The minimum Gasteiger partial charge on any atom is -0.492 e. The van der Waals surface area contributed by atoms with E-state index in [-0.39, 0.29) is 0 Å². The average molecular weight is 295 g/mol. The lowest BCUT2D eigenvalue weighted by atomic mass is 10.1. The van der Waals surface area contributed by atoms with E-state index in [1.165, 1.54) is 0 Å². The molecule has 1 aromatic carbocycles. The molecule has 0 radical (unpaired) electrons. The monoisotopic (exact) mass is 294 g/mol. The fraction of sp³-hybridized carbons (Fsp3) is 0.562. The Morgan fingerprint density at radius 1 is 1.25 bits per heavy atom. The Bertz CT molecular complexity index is 561. The number of alkyl halides is 1. The summed E-state index contributed by atoms with van der Waals surface area (Å²) < 4.78 is 8.05. The Morgan fingerprint density at radius 2 is 2.00 bits per heavy atom. The van der Waals surface area contributed by atoms with E-state index in [2.05, 4.69) is 24.5 Å². The van der Waals surface area contributed by atoms with Gasteiger partial charge in [0.2, 0.25) is 0 Å². The van der Waals surface area contributed by atoms with Crippen molar-refractivity contribution in [1.82, 2.24) is 9.55 Å². The van der Waals surface area contributed by atoms with Crippen LogP contribution < -0.4 is 4.74 Å². The highest BCUT2D eigenvalue weighted by atomic mass is 35.5. The summed E-state index contributed by atoms with van der Waals surface area (Å²) in [6, 6.07) is 6.62. The van der Waals surface area contributed by atoms with Gasteiger partial charge in [-0.1, -0.05) is 19.9 Å². The maximum absolute atomic E-state index is 5.94. The Kier molecular flexibility index (Phi) is 5.30. The van der Waals surface area contributed by atoms with Crippen molar-refractivity contribution in [2.24, 2.45) is 0 Å². The maximum Gasteiger partial charge on any atom is 0.147 e. The first-order valence-electron chi connectivity index (χ1n) is 7.45. The van der Waals surface area contributed by atoms with Crippen LogP contribution in [0.1, 0.15) is 45.5 Å². The first kappa shape index (κ1) is 15.2. The molecule has 0 fully saturated rings. The van der Waals surface area contributed by atoms with Gasteiger partial charge in [0.1, 0.15) is 17.1 Å². The number of para-hydroxylation sites is 1. The number of aryl methyl sites for hydroxylation is 1. The molecule has 3 nitrogen and oxygen atoms in total. The predicted octanol–water partition coefficient (Wildman–Crippen LogP) is 4.58.